The van der Waals surface area contributed by atoms with Crippen LogP contribution in [0.25, 0.3) is 11.3 Å². The average Bonchev–Trinajstić information content (AvgIpc) is 3.23. The van der Waals surface area contributed by atoms with Gasteiger partial charge in [0.05, 0.1) is 17.6 Å². The van der Waals surface area contributed by atoms with Crippen LogP contribution < -0.4 is 14.8 Å². The Kier molecular flexibility index (Phi) is 3.38. The summed E-state index contributed by atoms with van der Waals surface area (Å²) < 4.78 is 24.4. The Morgan fingerprint density at radius 1 is 1.17 bits per heavy atom. The third-order valence-electron chi connectivity index (χ3n) is 3.67. The molecule has 24 heavy (non-hydrogen) atoms. The maximum Gasteiger partial charge on any atom is 0.255 e. The lowest BCUT2D eigenvalue weighted by Gasteiger charge is -2.07. The van der Waals surface area contributed by atoms with Gasteiger partial charge in [-0.1, -0.05) is 12.1 Å². The molecule has 0 radical (unpaired) electrons. The monoisotopic (exact) mass is 325 g/mol. The number of benzene rings is 2. The summed E-state index contributed by atoms with van der Waals surface area (Å²) in [5.74, 6) is 0.360. The number of carbonyl (C=O) groups is 1. The zero-order valence-corrected chi connectivity index (χ0v) is 12.4. The van der Waals surface area contributed by atoms with Gasteiger partial charge in [-0.15, -0.1) is 0 Å². The number of carbonyl (C=O) groups excluding carboxylic acids is 1. The molecule has 0 unspecified atom stereocenters. The number of ether oxygens (including phenoxy) is 2. The third-order valence-corrected chi connectivity index (χ3v) is 3.67. The van der Waals surface area contributed by atoms with Gasteiger partial charge in [-0.3, -0.25) is 9.89 Å². The second-order valence-corrected chi connectivity index (χ2v) is 5.16. The van der Waals surface area contributed by atoms with E-state index in [-0.39, 0.29) is 12.7 Å². The van der Waals surface area contributed by atoms with Crippen LogP contribution in [0.15, 0.2) is 48.7 Å². The Morgan fingerprint density at radius 3 is 2.88 bits per heavy atom. The molecule has 0 atom stereocenters. The molecule has 0 fully saturated rings. The SMILES string of the molecule is O=C(Nc1cn[nH]c1-c1ccccc1F)c1ccc2c(c1)OCO2. The lowest BCUT2D eigenvalue weighted by Crippen LogP contribution is -2.12. The summed E-state index contributed by atoms with van der Waals surface area (Å²) in [6, 6.07) is 11.2. The van der Waals surface area contributed by atoms with Crippen molar-refractivity contribution in [1.82, 2.24) is 10.2 Å². The lowest BCUT2D eigenvalue weighted by atomic mass is 10.1. The number of aromatic amines is 1. The maximum absolute atomic E-state index is 14.0. The molecule has 4 rings (SSSR count). The van der Waals surface area contributed by atoms with Gasteiger partial charge >= 0.3 is 0 Å². The van der Waals surface area contributed by atoms with Crippen molar-refractivity contribution < 1.29 is 18.7 Å². The van der Waals surface area contributed by atoms with E-state index in [2.05, 4.69) is 15.5 Å². The molecule has 1 aliphatic heterocycles. The zero-order chi connectivity index (χ0) is 16.5. The molecule has 0 spiro atoms. The molecular weight excluding hydrogens is 313 g/mol. The molecule has 0 aliphatic carbocycles. The fraction of sp³-hybridized carbons (Fsp3) is 0.0588. The summed E-state index contributed by atoms with van der Waals surface area (Å²) in [4.78, 5) is 12.4. The first kappa shape index (κ1) is 14.3. The smallest absolute Gasteiger partial charge is 0.255 e. The molecule has 0 saturated carbocycles. The molecule has 1 aromatic heterocycles. The summed E-state index contributed by atoms with van der Waals surface area (Å²) in [6.07, 6.45) is 1.44. The van der Waals surface area contributed by atoms with Crippen molar-refractivity contribution in [3.63, 3.8) is 0 Å². The minimum Gasteiger partial charge on any atom is -0.454 e. The van der Waals surface area contributed by atoms with Crippen LogP contribution in [0.1, 0.15) is 10.4 Å². The number of amides is 1. The topological polar surface area (TPSA) is 76.2 Å². The van der Waals surface area contributed by atoms with Gasteiger partial charge in [0.25, 0.3) is 5.91 Å². The predicted octanol–water partition coefficient (Wildman–Crippen LogP) is 3.20. The molecule has 120 valence electrons. The van der Waals surface area contributed by atoms with E-state index in [9.17, 15) is 9.18 Å². The van der Waals surface area contributed by atoms with E-state index < -0.39 is 5.82 Å². The number of hydrogen-bond acceptors (Lipinski definition) is 4. The maximum atomic E-state index is 14.0. The van der Waals surface area contributed by atoms with Crippen LogP contribution in [-0.2, 0) is 0 Å². The Labute approximate surface area is 136 Å². The van der Waals surface area contributed by atoms with Crippen molar-refractivity contribution in [3.05, 3.63) is 60.0 Å². The molecule has 2 N–H and O–H groups in total. The van der Waals surface area contributed by atoms with E-state index in [1.807, 2.05) is 0 Å². The first-order chi connectivity index (χ1) is 11.7. The minimum atomic E-state index is -0.402. The number of anilines is 1. The number of fused-ring (bicyclic) bond motifs is 1. The van der Waals surface area contributed by atoms with Crippen molar-refractivity contribution >= 4 is 11.6 Å². The van der Waals surface area contributed by atoms with Gasteiger partial charge in [0.1, 0.15) is 5.82 Å². The molecule has 1 aliphatic rings. The molecule has 7 heteroatoms. The second kappa shape index (κ2) is 5.69. The van der Waals surface area contributed by atoms with E-state index in [0.29, 0.717) is 34.0 Å². The zero-order valence-electron chi connectivity index (χ0n) is 12.4. The minimum absolute atomic E-state index is 0.138. The highest BCUT2D eigenvalue weighted by Gasteiger charge is 2.18. The number of nitrogens with zero attached hydrogens (tertiary/aromatic N) is 1. The molecule has 2 heterocycles. The van der Waals surface area contributed by atoms with Gasteiger partial charge < -0.3 is 14.8 Å². The molecule has 0 saturated heterocycles. The van der Waals surface area contributed by atoms with Gasteiger partial charge in [0, 0.05) is 11.1 Å². The fourth-order valence-corrected chi connectivity index (χ4v) is 2.48. The fourth-order valence-electron chi connectivity index (χ4n) is 2.48. The highest BCUT2D eigenvalue weighted by atomic mass is 19.1. The predicted molar refractivity (Wildman–Crippen MR) is 84.5 cm³/mol. The summed E-state index contributed by atoms with van der Waals surface area (Å²) in [7, 11) is 0. The molecular formula is C17H12FN3O3. The summed E-state index contributed by atoms with van der Waals surface area (Å²) in [5, 5.41) is 9.33. The van der Waals surface area contributed by atoms with E-state index in [1.54, 1.807) is 36.4 Å². The van der Waals surface area contributed by atoms with E-state index in [1.165, 1.54) is 12.3 Å². The third kappa shape index (κ3) is 2.45. The van der Waals surface area contributed by atoms with Gasteiger partial charge in [0.2, 0.25) is 6.79 Å². The first-order valence-electron chi connectivity index (χ1n) is 7.21. The quantitative estimate of drug-likeness (QED) is 0.775. The Hall–Kier alpha value is -3.35. The van der Waals surface area contributed by atoms with E-state index in [0.717, 1.165) is 0 Å². The number of rotatable bonds is 3. The molecule has 2 aromatic carbocycles. The molecule has 1 amide bonds. The van der Waals surface area contributed by atoms with Gasteiger partial charge in [0.15, 0.2) is 11.5 Å². The van der Waals surface area contributed by atoms with Crippen molar-refractivity contribution in [2.24, 2.45) is 0 Å². The van der Waals surface area contributed by atoms with Crippen LogP contribution >= 0.6 is 0 Å². The normalized spacial score (nSPS) is 12.2. The van der Waals surface area contributed by atoms with E-state index in [4.69, 9.17) is 9.47 Å². The van der Waals surface area contributed by atoms with E-state index >= 15 is 0 Å². The highest BCUT2D eigenvalue weighted by Crippen LogP contribution is 2.33. The average molecular weight is 325 g/mol. The number of nitrogens with one attached hydrogen (secondary N) is 2. The van der Waals surface area contributed by atoms with Crippen molar-refractivity contribution in [3.8, 4) is 22.8 Å². The lowest BCUT2D eigenvalue weighted by molar-refractivity contribution is 0.102. The molecule has 6 nitrogen and oxygen atoms in total. The Bertz CT molecular complexity index is 923. The van der Waals surface area contributed by atoms with Crippen LogP contribution in [0, 0.1) is 5.82 Å². The number of aromatic nitrogens is 2. The van der Waals surface area contributed by atoms with Crippen molar-refractivity contribution in [1.29, 1.82) is 0 Å². The standard InChI is InChI=1S/C17H12FN3O3/c18-12-4-2-1-3-11(12)16-13(8-19-21-16)20-17(22)10-5-6-14-15(7-10)24-9-23-14/h1-8H,9H2,(H,19,21)(H,20,22). The number of halogens is 1. The van der Waals surface area contributed by atoms with Crippen LogP contribution in [0.2, 0.25) is 0 Å². The van der Waals surface area contributed by atoms with Crippen molar-refractivity contribution in [2.75, 3.05) is 12.1 Å². The van der Waals surface area contributed by atoms with Crippen LogP contribution in [0.5, 0.6) is 11.5 Å². The largest absolute Gasteiger partial charge is 0.454 e. The first-order valence-corrected chi connectivity index (χ1v) is 7.21. The van der Waals surface area contributed by atoms with Crippen LogP contribution in [0.3, 0.4) is 0 Å². The van der Waals surface area contributed by atoms with Crippen LogP contribution in [-0.4, -0.2) is 22.9 Å². The summed E-state index contributed by atoms with van der Waals surface area (Å²) in [6.45, 7) is 0.138. The summed E-state index contributed by atoms with van der Waals surface area (Å²) >= 11 is 0. The van der Waals surface area contributed by atoms with Gasteiger partial charge in [-0.2, -0.15) is 5.10 Å². The van der Waals surface area contributed by atoms with Crippen molar-refractivity contribution in [2.45, 2.75) is 0 Å². The molecule has 3 aromatic rings. The Morgan fingerprint density at radius 2 is 2.00 bits per heavy atom. The van der Waals surface area contributed by atoms with Crippen LogP contribution in [0.4, 0.5) is 10.1 Å². The van der Waals surface area contributed by atoms with Gasteiger partial charge in [-0.25, -0.2) is 4.39 Å². The summed E-state index contributed by atoms with van der Waals surface area (Å²) in [5.41, 5.74) is 1.53. The molecule has 0 bridgehead atoms. The second-order valence-electron chi connectivity index (χ2n) is 5.16. The Balaban J connectivity index is 1.62. The number of H-pyrrole nitrogens is 1. The number of hydrogen-bond donors (Lipinski definition) is 2. The highest BCUT2D eigenvalue weighted by molar-refractivity contribution is 6.06. The van der Waals surface area contributed by atoms with Gasteiger partial charge in [-0.05, 0) is 30.3 Å².